The Hall–Kier alpha value is -4.48. The number of carbonyl (C=O) groups is 3. The Morgan fingerprint density at radius 2 is 1.59 bits per heavy atom. The van der Waals surface area contributed by atoms with Crippen molar-refractivity contribution in [2.45, 2.75) is 33.7 Å². The molecule has 1 heterocycles. The summed E-state index contributed by atoms with van der Waals surface area (Å²) in [6.07, 6.45) is 0. The van der Waals surface area contributed by atoms with Crippen LogP contribution < -0.4 is 14.4 Å². The third-order valence-electron chi connectivity index (χ3n) is 6.73. The van der Waals surface area contributed by atoms with Crippen LogP contribution in [0.1, 0.15) is 47.2 Å². The Kier molecular flexibility index (Phi) is 8.60. The molecule has 41 heavy (non-hydrogen) atoms. The molecule has 4 rings (SSSR count). The molecule has 0 saturated heterocycles. The molecule has 0 saturated carbocycles. The lowest BCUT2D eigenvalue weighted by atomic mass is 10.0. The third kappa shape index (κ3) is 5.86. The standard InChI is InChI=1S/C30H30N2O8S/c1-16(2)26(30(35)36)32(41(37)38)22-12-8-20(9-13-22)19-6-10-21(11-7-19)31-29(34)27-17(3)25-24(40-27)15-14-23(18(4)33)28(25)39-5/h6-16,26H,1-5H3,(H,31,34)(H,35,36)(H,37,38)/p-1. The summed E-state index contributed by atoms with van der Waals surface area (Å²) in [4.78, 5) is 36.8. The van der Waals surface area contributed by atoms with Gasteiger partial charge in [-0.3, -0.25) is 18.1 Å². The summed E-state index contributed by atoms with van der Waals surface area (Å²) in [6.45, 7) is 6.45. The van der Waals surface area contributed by atoms with E-state index in [0.29, 0.717) is 33.5 Å². The van der Waals surface area contributed by atoms with Crippen LogP contribution in [0.15, 0.2) is 65.1 Å². The van der Waals surface area contributed by atoms with E-state index in [2.05, 4.69) is 5.32 Å². The van der Waals surface area contributed by atoms with Crippen LogP contribution >= 0.6 is 0 Å². The zero-order valence-corrected chi connectivity index (χ0v) is 23.9. The molecule has 214 valence electrons. The van der Waals surface area contributed by atoms with E-state index in [0.717, 1.165) is 15.4 Å². The van der Waals surface area contributed by atoms with Gasteiger partial charge in [0.25, 0.3) is 5.91 Å². The summed E-state index contributed by atoms with van der Waals surface area (Å²) in [7, 11) is 1.46. The van der Waals surface area contributed by atoms with Crippen LogP contribution in [0.5, 0.6) is 5.75 Å². The van der Waals surface area contributed by atoms with Gasteiger partial charge in [-0.2, -0.15) is 0 Å². The van der Waals surface area contributed by atoms with Crippen molar-refractivity contribution in [3.05, 3.63) is 77.6 Å². The van der Waals surface area contributed by atoms with Gasteiger partial charge in [-0.05, 0) is 67.3 Å². The number of aryl methyl sites for hydroxylation is 1. The molecule has 2 atom stereocenters. The minimum absolute atomic E-state index is 0.0973. The number of fused-ring (bicyclic) bond motifs is 1. The number of amides is 1. The molecule has 11 heteroatoms. The zero-order valence-electron chi connectivity index (χ0n) is 23.1. The van der Waals surface area contributed by atoms with E-state index in [4.69, 9.17) is 9.15 Å². The van der Waals surface area contributed by atoms with Crippen LogP contribution in [0.2, 0.25) is 0 Å². The number of nitrogens with one attached hydrogen (secondary N) is 1. The zero-order chi connectivity index (χ0) is 30.0. The van der Waals surface area contributed by atoms with Crippen LogP contribution in [-0.2, 0) is 16.1 Å². The number of carboxylic acids is 1. The molecular formula is C30H29N2O8S-. The quantitative estimate of drug-likeness (QED) is 0.183. The number of anilines is 2. The summed E-state index contributed by atoms with van der Waals surface area (Å²) in [5.41, 5.74) is 3.68. The number of nitrogens with zero attached hydrogens (tertiary/aromatic N) is 1. The van der Waals surface area contributed by atoms with E-state index in [-0.39, 0.29) is 17.2 Å². The maximum Gasteiger partial charge on any atom is 0.327 e. The van der Waals surface area contributed by atoms with E-state index in [1.807, 2.05) is 0 Å². The number of furan rings is 1. The molecule has 2 N–H and O–H groups in total. The van der Waals surface area contributed by atoms with Crippen molar-refractivity contribution in [2.75, 3.05) is 16.7 Å². The fraction of sp³-hybridized carbons (Fsp3) is 0.233. The Morgan fingerprint density at radius 3 is 2.07 bits per heavy atom. The maximum absolute atomic E-state index is 13.1. The number of carboxylic acid groups (broad SMARTS) is 1. The molecule has 0 spiro atoms. The molecule has 0 aliphatic heterocycles. The fourth-order valence-corrected chi connectivity index (χ4v) is 5.55. The number of hydrogen-bond acceptors (Lipinski definition) is 7. The topological polar surface area (TPSA) is 149 Å². The number of benzene rings is 3. The van der Waals surface area contributed by atoms with E-state index in [9.17, 15) is 28.3 Å². The van der Waals surface area contributed by atoms with Gasteiger partial charge in [-0.25, -0.2) is 4.79 Å². The Bertz CT molecular complexity index is 1640. The first-order valence-electron chi connectivity index (χ1n) is 12.7. The molecule has 0 bridgehead atoms. The SMILES string of the molecule is COc1c(C(C)=O)ccc2oc(C(=O)Nc3ccc(-c4ccc(N(C(C(=O)O)C(C)C)S(=O)[O-])cc4)cc3)c(C)c12. The average molecular weight is 578 g/mol. The van der Waals surface area contributed by atoms with Crippen molar-refractivity contribution < 1.29 is 37.4 Å². The number of carbonyl (C=O) groups excluding carboxylic acids is 2. The Balaban J connectivity index is 1.54. The molecular weight excluding hydrogens is 548 g/mol. The van der Waals surface area contributed by atoms with Crippen LogP contribution in [0.4, 0.5) is 11.4 Å². The fourth-order valence-electron chi connectivity index (χ4n) is 4.74. The number of hydrogen-bond donors (Lipinski definition) is 2. The van der Waals surface area contributed by atoms with Crippen molar-refractivity contribution in [1.29, 1.82) is 0 Å². The van der Waals surface area contributed by atoms with Crippen LogP contribution in [-0.4, -0.2) is 44.7 Å². The monoisotopic (exact) mass is 577 g/mol. The lowest BCUT2D eigenvalue weighted by Crippen LogP contribution is -2.45. The highest BCUT2D eigenvalue weighted by Gasteiger charge is 2.30. The number of ether oxygens (including phenoxy) is 1. The van der Waals surface area contributed by atoms with Crippen molar-refractivity contribution in [2.24, 2.45) is 5.92 Å². The number of ketones is 1. The van der Waals surface area contributed by atoms with Crippen LogP contribution in [0.3, 0.4) is 0 Å². The molecule has 0 radical (unpaired) electrons. The molecule has 3 aromatic carbocycles. The largest absolute Gasteiger partial charge is 0.755 e. The second-order valence-electron chi connectivity index (χ2n) is 9.78. The molecule has 0 fully saturated rings. The normalized spacial score (nSPS) is 12.7. The van der Waals surface area contributed by atoms with Crippen LogP contribution in [0.25, 0.3) is 22.1 Å². The van der Waals surface area contributed by atoms with Gasteiger partial charge in [0.1, 0.15) is 17.4 Å². The van der Waals surface area contributed by atoms with Crippen molar-refractivity contribution in [3.63, 3.8) is 0 Å². The summed E-state index contributed by atoms with van der Waals surface area (Å²) in [5.74, 6) is -1.85. The van der Waals surface area contributed by atoms with E-state index in [1.165, 1.54) is 14.0 Å². The van der Waals surface area contributed by atoms with Crippen molar-refractivity contribution >= 4 is 51.3 Å². The predicted molar refractivity (Wildman–Crippen MR) is 155 cm³/mol. The molecule has 0 aliphatic carbocycles. The summed E-state index contributed by atoms with van der Waals surface area (Å²) in [6, 6.07) is 15.5. The van der Waals surface area contributed by atoms with Gasteiger partial charge in [0.05, 0.1) is 18.1 Å². The van der Waals surface area contributed by atoms with Gasteiger partial charge in [-0.1, -0.05) is 38.1 Å². The van der Waals surface area contributed by atoms with Gasteiger partial charge in [0, 0.05) is 28.2 Å². The highest BCUT2D eigenvalue weighted by atomic mass is 32.2. The van der Waals surface area contributed by atoms with Crippen LogP contribution in [0, 0.1) is 12.8 Å². The Morgan fingerprint density at radius 1 is 1.00 bits per heavy atom. The molecule has 10 nitrogen and oxygen atoms in total. The number of rotatable bonds is 10. The smallest absolute Gasteiger partial charge is 0.327 e. The maximum atomic E-state index is 13.1. The van der Waals surface area contributed by atoms with Gasteiger partial charge in [0.15, 0.2) is 11.5 Å². The summed E-state index contributed by atoms with van der Waals surface area (Å²) >= 11 is -2.78. The highest BCUT2D eigenvalue weighted by molar-refractivity contribution is 7.80. The van der Waals surface area contributed by atoms with Gasteiger partial charge in [0.2, 0.25) is 0 Å². The lowest BCUT2D eigenvalue weighted by Gasteiger charge is -2.34. The number of methoxy groups -OCH3 is 1. The third-order valence-corrected chi connectivity index (χ3v) is 7.49. The second kappa shape index (κ2) is 11.9. The average Bonchev–Trinajstić information content (AvgIpc) is 3.27. The lowest BCUT2D eigenvalue weighted by molar-refractivity contribution is -0.139. The highest BCUT2D eigenvalue weighted by Crippen LogP contribution is 2.36. The molecule has 0 aliphatic rings. The molecule has 1 aromatic heterocycles. The first-order chi connectivity index (χ1) is 19.4. The number of Topliss-reactive ketones (excluding diaryl/α,β-unsaturated/α-hetero) is 1. The minimum Gasteiger partial charge on any atom is -0.755 e. The summed E-state index contributed by atoms with van der Waals surface area (Å²) in [5, 5.41) is 12.9. The van der Waals surface area contributed by atoms with E-state index >= 15 is 0 Å². The first kappa shape index (κ1) is 29.5. The molecule has 1 amide bonds. The van der Waals surface area contributed by atoms with Crippen molar-refractivity contribution in [3.8, 4) is 16.9 Å². The predicted octanol–water partition coefficient (Wildman–Crippen LogP) is 5.58. The van der Waals surface area contributed by atoms with Gasteiger partial charge >= 0.3 is 5.97 Å². The summed E-state index contributed by atoms with van der Waals surface area (Å²) < 4.78 is 35.9. The first-order valence-corrected chi connectivity index (χ1v) is 13.7. The van der Waals surface area contributed by atoms with E-state index in [1.54, 1.807) is 81.4 Å². The van der Waals surface area contributed by atoms with Gasteiger partial charge in [-0.15, -0.1) is 0 Å². The Labute approximate surface area is 239 Å². The second-order valence-corrected chi connectivity index (χ2v) is 10.6. The molecule has 2 unspecified atom stereocenters. The van der Waals surface area contributed by atoms with Gasteiger partial charge < -0.3 is 24.1 Å². The molecule has 4 aromatic rings. The minimum atomic E-state index is -2.78. The van der Waals surface area contributed by atoms with Crippen molar-refractivity contribution in [1.82, 2.24) is 0 Å². The van der Waals surface area contributed by atoms with E-state index < -0.39 is 35.1 Å². The number of aliphatic carboxylic acids is 1.